The summed E-state index contributed by atoms with van der Waals surface area (Å²) in [7, 11) is 0. The average molecular weight is 187 g/mol. The summed E-state index contributed by atoms with van der Waals surface area (Å²) in [4.78, 5) is 4.79. The molecule has 3 nitrogen and oxygen atoms in total. The van der Waals surface area contributed by atoms with Crippen LogP contribution in [0.3, 0.4) is 0 Å². The molecule has 0 unspecified atom stereocenters. The summed E-state index contributed by atoms with van der Waals surface area (Å²) in [6.45, 7) is 0. The van der Waals surface area contributed by atoms with Gasteiger partial charge in [0.2, 0.25) is 0 Å². The highest BCUT2D eigenvalue weighted by molar-refractivity contribution is 7.13. The minimum Gasteiger partial charge on any atom is -0.332 e. The van der Waals surface area contributed by atoms with Crippen molar-refractivity contribution < 1.29 is 4.52 Å². The third kappa shape index (κ3) is 1.27. The van der Waals surface area contributed by atoms with E-state index in [0.717, 1.165) is 4.88 Å². The zero-order valence-electron chi connectivity index (χ0n) is 5.32. The molecule has 0 saturated carbocycles. The monoisotopic (exact) mass is 186 g/mol. The molecule has 0 aliphatic rings. The Bertz CT molecular complexity index is 343. The van der Waals surface area contributed by atoms with Gasteiger partial charge in [0.25, 0.3) is 11.2 Å². The lowest BCUT2D eigenvalue weighted by molar-refractivity contribution is 0.431. The Labute approximate surface area is 71.6 Å². The van der Waals surface area contributed by atoms with Crippen molar-refractivity contribution in [3.8, 4) is 10.8 Å². The lowest BCUT2D eigenvalue weighted by Crippen LogP contribution is -1.67. The number of nitrogens with zero attached hydrogens (tertiary/aromatic N) is 2. The first-order valence-corrected chi connectivity index (χ1v) is 4.15. The fraction of sp³-hybridized carbons (Fsp3) is 0. The number of aromatic nitrogens is 2. The van der Waals surface area contributed by atoms with Gasteiger partial charge in [0, 0.05) is 0 Å². The maximum Gasteiger partial charge on any atom is 0.269 e. The molecule has 11 heavy (non-hydrogen) atoms. The first kappa shape index (κ1) is 6.82. The molecular weight excluding hydrogens is 184 g/mol. The van der Waals surface area contributed by atoms with Crippen LogP contribution in [0.1, 0.15) is 0 Å². The zero-order valence-corrected chi connectivity index (χ0v) is 6.89. The highest BCUT2D eigenvalue weighted by atomic mass is 35.5. The highest BCUT2D eigenvalue weighted by Crippen LogP contribution is 2.23. The fourth-order valence-electron chi connectivity index (χ4n) is 0.706. The maximum absolute atomic E-state index is 5.47. The third-order valence-corrected chi connectivity index (χ3v) is 2.14. The molecule has 0 aromatic carbocycles. The molecule has 2 rings (SSSR count). The van der Waals surface area contributed by atoms with E-state index in [9.17, 15) is 0 Å². The summed E-state index contributed by atoms with van der Waals surface area (Å²) in [6, 6.07) is 3.81. The van der Waals surface area contributed by atoms with E-state index in [2.05, 4.69) is 10.1 Å². The number of rotatable bonds is 1. The van der Waals surface area contributed by atoms with E-state index in [4.69, 9.17) is 16.1 Å². The van der Waals surface area contributed by atoms with Crippen LogP contribution in [0.2, 0.25) is 5.28 Å². The van der Waals surface area contributed by atoms with Gasteiger partial charge in [-0.3, -0.25) is 0 Å². The van der Waals surface area contributed by atoms with Gasteiger partial charge in [-0.2, -0.15) is 4.98 Å². The zero-order chi connectivity index (χ0) is 7.68. The molecule has 0 spiro atoms. The molecule has 0 bridgehead atoms. The van der Waals surface area contributed by atoms with Crippen LogP contribution in [0.25, 0.3) is 10.8 Å². The second-order valence-electron chi connectivity index (χ2n) is 1.85. The van der Waals surface area contributed by atoms with Crippen molar-refractivity contribution in [2.24, 2.45) is 0 Å². The summed E-state index contributed by atoms with van der Waals surface area (Å²) in [6.07, 6.45) is 0. The van der Waals surface area contributed by atoms with E-state index in [1.165, 1.54) is 11.3 Å². The van der Waals surface area contributed by atoms with Crippen molar-refractivity contribution in [1.82, 2.24) is 10.1 Å². The lowest BCUT2D eigenvalue weighted by atomic mass is 10.5. The highest BCUT2D eigenvalue weighted by Gasteiger charge is 2.06. The second kappa shape index (κ2) is 2.64. The summed E-state index contributed by atoms with van der Waals surface area (Å²) in [5.41, 5.74) is 0. The predicted octanol–water partition coefficient (Wildman–Crippen LogP) is 2.45. The van der Waals surface area contributed by atoms with Crippen LogP contribution in [-0.4, -0.2) is 10.1 Å². The van der Waals surface area contributed by atoms with Crippen molar-refractivity contribution in [3.05, 3.63) is 22.8 Å². The maximum atomic E-state index is 5.47. The molecule has 0 aliphatic carbocycles. The van der Waals surface area contributed by atoms with Crippen LogP contribution in [0.5, 0.6) is 0 Å². The largest absolute Gasteiger partial charge is 0.332 e. The summed E-state index contributed by atoms with van der Waals surface area (Å²) >= 11 is 7.00. The van der Waals surface area contributed by atoms with Gasteiger partial charge in [-0.15, -0.1) is 11.3 Å². The van der Waals surface area contributed by atoms with Crippen molar-refractivity contribution in [1.29, 1.82) is 0 Å². The Balaban J connectivity index is 2.45. The minimum absolute atomic E-state index is 0.147. The average Bonchev–Trinajstić information content (AvgIpc) is 2.55. The number of halogens is 1. The SMILES string of the molecule is Clc1noc(-c2cccs2)n1. The standard InChI is InChI=1S/C6H3ClN2OS/c7-6-8-5(10-9-6)4-2-1-3-11-4/h1-3H. The fourth-order valence-corrected chi connectivity index (χ4v) is 1.46. The number of hydrogen-bond acceptors (Lipinski definition) is 4. The van der Waals surface area contributed by atoms with Gasteiger partial charge in [-0.25, -0.2) is 0 Å². The van der Waals surface area contributed by atoms with Crippen LogP contribution in [0.15, 0.2) is 22.0 Å². The molecule has 0 atom stereocenters. The van der Waals surface area contributed by atoms with E-state index in [1.807, 2.05) is 17.5 Å². The van der Waals surface area contributed by atoms with Gasteiger partial charge in [0.05, 0.1) is 4.88 Å². The van der Waals surface area contributed by atoms with Gasteiger partial charge < -0.3 is 4.52 Å². The van der Waals surface area contributed by atoms with Crippen LogP contribution in [-0.2, 0) is 0 Å². The van der Waals surface area contributed by atoms with E-state index in [1.54, 1.807) is 0 Å². The predicted molar refractivity (Wildman–Crippen MR) is 42.6 cm³/mol. The van der Waals surface area contributed by atoms with Crippen molar-refractivity contribution in [3.63, 3.8) is 0 Å². The molecule has 56 valence electrons. The van der Waals surface area contributed by atoms with Gasteiger partial charge in [0.1, 0.15) is 0 Å². The number of thiophene rings is 1. The van der Waals surface area contributed by atoms with Crippen LogP contribution in [0, 0.1) is 0 Å². The molecule has 0 amide bonds. The summed E-state index contributed by atoms with van der Waals surface area (Å²) < 4.78 is 4.83. The summed E-state index contributed by atoms with van der Waals surface area (Å²) in [5, 5.41) is 5.54. The molecule has 0 aliphatic heterocycles. The Hall–Kier alpha value is -0.870. The first-order chi connectivity index (χ1) is 5.36. The third-order valence-electron chi connectivity index (χ3n) is 1.13. The van der Waals surface area contributed by atoms with Gasteiger partial charge in [-0.05, 0) is 28.2 Å². The van der Waals surface area contributed by atoms with Gasteiger partial charge in [-0.1, -0.05) is 6.07 Å². The Morgan fingerprint density at radius 2 is 2.45 bits per heavy atom. The van der Waals surface area contributed by atoms with Crippen molar-refractivity contribution >= 4 is 22.9 Å². The molecule has 2 heterocycles. The lowest BCUT2D eigenvalue weighted by Gasteiger charge is -1.80. The smallest absolute Gasteiger partial charge is 0.269 e. The molecule has 2 aromatic heterocycles. The van der Waals surface area contributed by atoms with Crippen molar-refractivity contribution in [2.75, 3.05) is 0 Å². The van der Waals surface area contributed by atoms with Gasteiger partial charge in [0.15, 0.2) is 0 Å². The minimum atomic E-state index is 0.147. The summed E-state index contributed by atoms with van der Waals surface area (Å²) in [5.74, 6) is 0.477. The van der Waals surface area contributed by atoms with E-state index in [-0.39, 0.29) is 5.28 Å². The van der Waals surface area contributed by atoms with Crippen LogP contribution >= 0.6 is 22.9 Å². The molecular formula is C6H3ClN2OS. The first-order valence-electron chi connectivity index (χ1n) is 2.89. The van der Waals surface area contributed by atoms with Gasteiger partial charge >= 0.3 is 0 Å². The molecule has 0 saturated heterocycles. The Kier molecular flexibility index (Phi) is 1.63. The van der Waals surface area contributed by atoms with Crippen molar-refractivity contribution in [2.45, 2.75) is 0 Å². The topological polar surface area (TPSA) is 38.9 Å². The Morgan fingerprint density at radius 1 is 1.55 bits per heavy atom. The normalized spacial score (nSPS) is 10.3. The molecule has 5 heteroatoms. The van der Waals surface area contributed by atoms with E-state index >= 15 is 0 Å². The van der Waals surface area contributed by atoms with E-state index in [0.29, 0.717) is 5.89 Å². The molecule has 0 radical (unpaired) electrons. The Morgan fingerprint density at radius 3 is 3.00 bits per heavy atom. The molecule has 2 aromatic rings. The van der Waals surface area contributed by atoms with Crippen LogP contribution in [0.4, 0.5) is 0 Å². The molecule has 0 N–H and O–H groups in total. The molecule has 0 fully saturated rings. The quantitative estimate of drug-likeness (QED) is 0.687. The van der Waals surface area contributed by atoms with Crippen LogP contribution < -0.4 is 0 Å². The number of hydrogen-bond donors (Lipinski definition) is 0. The van der Waals surface area contributed by atoms with E-state index < -0.39 is 0 Å². The second-order valence-corrected chi connectivity index (χ2v) is 3.13.